The van der Waals surface area contributed by atoms with Crippen LogP contribution < -0.4 is 15.4 Å². The van der Waals surface area contributed by atoms with Gasteiger partial charge in [0, 0.05) is 22.9 Å². The normalized spacial score (nSPS) is 16.0. The predicted octanol–water partition coefficient (Wildman–Crippen LogP) is 2.73. The van der Waals surface area contributed by atoms with E-state index in [9.17, 15) is 9.59 Å². The number of ether oxygens (including phenoxy) is 1. The molecule has 1 unspecified atom stereocenters. The van der Waals surface area contributed by atoms with Crippen LogP contribution >= 0.6 is 11.3 Å². The van der Waals surface area contributed by atoms with Crippen LogP contribution in [0.5, 0.6) is 5.75 Å². The number of fused-ring (bicyclic) bond motifs is 1. The Hall–Kier alpha value is -2.34. The zero-order chi connectivity index (χ0) is 17.1. The largest absolute Gasteiger partial charge is 0.493 e. The highest BCUT2D eigenvalue weighted by Gasteiger charge is 2.24. The predicted molar refractivity (Wildman–Crippen MR) is 93.6 cm³/mol. The lowest BCUT2D eigenvalue weighted by molar-refractivity contribution is -0.121. The summed E-state index contributed by atoms with van der Waals surface area (Å²) in [6.07, 6.45) is 0.722. The van der Waals surface area contributed by atoms with Crippen molar-refractivity contribution in [1.82, 2.24) is 10.6 Å². The Labute approximate surface area is 145 Å². The van der Waals surface area contributed by atoms with Crippen LogP contribution in [0.1, 0.15) is 39.5 Å². The molecule has 0 aliphatic carbocycles. The number of thiophene rings is 1. The highest BCUT2D eigenvalue weighted by molar-refractivity contribution is 7.08. The van der Waals surface area contributed by atoms with Gasteiger partial charge in [0.15, 0.2) is 0 Å². The summed E-state index contributed by atoms with van der Waals surface area (Å²) in [5.41, 5.74) is 3.81. The zero-order valence-corrected chi connectivity index (χ0v) is 14.5. The Kier molecular flexibility index (Phi) is 4.85. The smallest absolute Gasteiger partial charge is 0.252 e. The maximum absolute atomic E-state index is 12.2. The van der Waals surface area contributed by atoms with Gasteiger partial charge in [0.05, 0.1) is 19.2 Å². The van der Waals surface area contributed by atoms with Crippen LogP contribution in [-0.2, 0) is 4.79 Å². The van der Waals surface area contributed by atoms with E-state index in [1.807, 2.05) is 19.2 Å². The molecule has 3 rings (SSSR count). The molecule has 1 atom stereocenters. The first-order valence-corrected chi connectivity index (χ1v) is 8.82. The summed E-state index contributed by atoms with van der Waals surface area (Å²) < 4.78 is 5.75. The number of nitrogens with one attached hydrogen (secondary N) is 2. The van der Waals surface area contributed by atoms with Crippen molar-refractivity contribution in [3.05, 3.63) is 51.2 Å². The fraction of sp³-hybridized carbons (Fsp3) is 0.333. The van der Waals surface area contributed by atoms with Gasteiger partial charge in [-0.1, -0.05) is 17.7 Å². The Balaban J connectivity index is 1.63. The highest BCUT2D eigenvalue weighted by Crippen LogP contribution is 2.35. The van der Waals surface area contributed by atoms with E-state index in [2.05, 4.69) is 22.8 Å². The molecule has 0 radical (unpaired) electrons. The average Bonchev–Trinajstić information content (AvgIpc) is 3.08. The van der Waals surface area contributed by atoms with E-state index in [1.54, 1.807) is 11.4 Å². The van der Waals surface area contributed by atoms with Crippen LogP contribution in [0, 0.1) is 13.8 Å². The molecule has 0 spiro atoms. The van der Waals surface area contributed by atoms with Crippen molar-refractivity contribution in [2.75, 3.05) is 13.2 Å². The van der Waals surface area contributed by atoms with Gasteiger partial charge >= 0.3 is 0 Å². The number of carbonyl (C=O) groups is 2. The molecule has 0 saturated heterocycles. The number of carbonyl (C=O) groups excluding carboxylic acids is 2. The third-order valence-corrected chi connectivity index (χ3v) is 4.69. The second-order valence-electron chi connectivity index (χ2n) is 5.95. The van der Waals surface area contributed by atoms with E-state index in [0.29, 0.717) is 12.2 Å². The molecule has 0 bridgehead atoms. The zero-order valence-electron chi connectivity index (χ0n) is 13.7. The summed E-state index contributed by atoms with van der Waals surface area (Å²) in [6.45, 7) is 4.58. The minimum Gasteiger partial charge on any atom is -0.493 e. The lowest BCUT2D eigenvalue weighted by atomic mass is 9.95. The molecule has 2 aromatic rings. The van der Waals surface area contributed by atoms with Crippen molar-refractivity contribution in [1.29, 1.82) is 0 Å². The van der Waals surface area contributed by atoms with Gasteiger partial charge in [-0.3, -0.25) is 9.59 Å². The van der Waals surface area contributed by atoms with E-state index in [-0.39, 0.29) is 24.4 Å². The monoisotopic (exact) mass is 344 g/mol. The van der Waals surface area contributed by atoms with Gasteiger partial charge < -0.3 is 15.4 Å². The molecular formula is C18H20N2O3S. The van der Waals surface area contributed by atoms with E-state index in [1.165, 1.54) is 11.3 Å². The molecule has 126 valence electrons. The summed E-state index contributed by atoms with van der Waals surface area (Å²) >= 11 is 1.45. The second kappa shape index (κ2) is 7.05. The number of hydrogen-bond acceptors (Lipinski definition) is 4. The highest BCUT2D eigenvalue weighted by atomic mass is 32.1. The van der Waals surface area contributed by atoms with Gasteiger partial charge in [-0.15, -0.1) is 0 Å². The molecule has 1 aromatic carbocycles. The third-order valence-electron chi connectivity index (χ3n) is 4.00. The molecule has 2 heterocycles. The van der Waals surface area contributed by atoms with Gasteiger partial charge in [-0.05, 0) is 30.9 Å². The van der Waals surface area contributed by atoms with Crippen LogP contribution in [0.3, 0.4) is 0 Å². The molecule has 2 N–H and O–H groups in total. The molecule has 1 aromatic heterocycles. The number of hydrogen-bond donors (Lipinski definition) is 2. The molecular weight excluding hydrogens is 324 g/mol. The summed E-state index contributed by atoms with van der Waals surface area (Å²) in [4.78, 5) is 24.1. The minimum absolute atomic E-state index is 0.0355. The molecule has 0 saturated carbocycles. The molecule has 6 heteroatoms. The lowest BCUT2D eigenvalue weighted by Crippen LogP contribution is -2.40. The Morgan fingerprint density at radius 3 is 2.92 bits per heavy atom. The molecule has 1 aliphatic rings. The number of amides is 2. The van der Waals surface area contributed by atoms with Gasteiger partial charge in [0.2, 0.25) is 5.91 Å². The summed E-state index contributed by atoms with van der Waals surface area (Å²) in [7, 11) is 0. The van der Waals surface area contributed by atoms with Gasteiger partial charge in [0.1, 0.15) is 5.75 Å². The molecule has 1 aliphatic heterocycles. The molecule has 24 heavy (non-hydrogen) atoms. The Bertz CT molecular complexity index is 756. The number of rotatable bonds is 4. The molecule has 2 amide bonds. The Morgan fingerprint density at radius 2 is 2.17 bits per heavy atom. The fourth-order valence-electron chi connectivity index (χ4n) is 2.93. The van der Waals surface area contributed by atoms with Gasteiger partial charge in [-0.2, -0.15) is 11.3 Å². The number of benzene rings is 1. The maximum Gasteiger partial charge on any atom is 0.252 e. The summed E-state index contributed by atoms with van der Waals surface area (Å²) in [6, 6.07) is 5.77. The third kappa shape index (κ3) is 3.59. The van der Waals surface area contributed by atoms with Gasteiger partial charge in [0.25, 0.3) is 5.91 Å². The SMILES string of the molecule is Cc1cc(C)c2c(c1)C(NC(=O)CNC(=O)c1ccsc1)CCO2. The quantitative estimate of drug-likeness (QED) is 0.896. The van der Waals surface area contributed by atoms with Crippen molar-refractivity contribution in [3.63, 3.8) is 0 Å². The van der Waals surface area contributed by atoms with Crippen LogP contribution in [0.4, 0.5) is 0 Å². The number of aryl methyl sites for hydroxylation is 2. The van der Waals surface area contributed by atoms with Crippen LogP contribution in [-0.4, -0.2) is 25.0 Å². The first kappa shape index (κ1) is 16.5. The van der Waals surface area contributed by atoms with E-state index in [4.69, 9.17) is 4.74 Å². The maximum atomic E-state index is 12.2. The van der Waals surface area contributed by atoms with E-state index < -0.39 is 0 Å². The lowest BCUT2D eigenvalue weighted by Gasteiger charge is -2.28. The van der Waals surface area contributed by atoms with Crippen LogP contribution in [0.15, 0.2) is 29.0 Å². The summed E-state index contributed by atoms with van der Waals surface area (Å²) in [5, 5.41) is 9.23. The van der Waals surface area contributed by atoms with Crippen molar-refractivity contribution in [3.8, 4) is 5.75 Å². The van der Waals surface area contributed by atoms with Crippen LogP contribution in [0.2, 0.25) is 0 Å². The standard InChI is InChI=1S/C18H20N2O3S/c1-11-7-12(2)17-14(8-11)15(3-5-23-17)20-16(21)9-19-18(22)13-4-6-24-10-13/h4,6-8,10,15H,3,5,9H2,1-2H3,(H,19,22)(H,20,21). The fourth-order valence-corrected chi connectivity index (χ4v) is 3.57. The van der Waals surface area contributed by atoms with Crippen molar-refractivity contribution in [2.24, 2.45) is 0 Å². The van der Waals surface area contributed by atoms with E-state index >= 15 is 0 Å². The van der Waals surface area contributed by atoms with Gasteiger partial charge in [-0.25, -0.2) is 0 Å². The topological polar surface area (TPSA) is 67.4 Å². The van der Waals surface area contributed by atoms with Crippen molar-refractivity contribution in [2.45, 2.75) is 26.3 Å². The first-order valence-electron chi connectivity index (χ1n) is 7.88. The van der Waals surface area contributed by atoms with Crippen molar-refractivity contribution >= 4 is 23.2 Å². The molecule has 0 fully saturated rings. The first-order chi connectivity index (χ1) is 11.5. The van der Waals surface area contributed by atoms with E-state index in [0.717, 1.165) is 28.9 Å². The minimum atomic E-state index is -0.231. The molecule has 5 nitrogen and oxygen atoms in total. The second-order valence-corrected chi connectivity index (χ2v) is 6.73. The van der Waals surface area contributed by atoms with Crippen molar-refractivity contribution < 1.29 is 14.3 Å². The average molecular weight is 344 g/mol. The Morgan fingerprint density at radius 1 is 1.33 bits per heavy atom. The van der Waals surface area contributed by atoms with Crippen LogP contribution in [0.25, 0.3) is 0 Å². The summed E-state index contributed by atoms with van der Waals surface area (Å²) in [5.74, 6) is 0.431.